The third kappa shape index (κ3) is 5.84. The fourth-order valence-electron chi connectivity index (χ4n) is 2.45. The number of anilines is 2. The Labute approximate surface area is 174 Å². The second-order valence-electron chi connectivity index (χ2n) is 7.60. The van der Waals surface area contributed by atoms with Crippen molar-refractivity contribution in [3.63, 3.8) is 0 Å². The molecule has 2 amide bonds. The van der Waals surface area contributed by atoms with E-state index in [9.17, 15) is 9.59 Å². The van der Waals surface area contributed by atoms with E-state index < -0.39 is 6.03 Å². The number of nitrogens with one attached hydrogen (secondary N) is 2. The van der Waals surface area contributed by atoms with E-state index in [0.29, 0.717) is 34.5 Å². The summed E-state index contributed by atoms with van der Waals surface area (Å²) in [5, 5.41) is 9.21. The van der Waals surface area contributed by atoms with E-state index in [1.165, 1.54) is 6.92 Å². The second-order valence-corrected chi connectivity index (χ2v) is 7.60. The Morgan fingerprint density at radius 2 is 1.47 bits per heavy atom. The standard InChI is InChI=1S/C22H23N3O5/c1-14(26)28-16-9-11-18(12-10-16)29-17-7-5-15(6-8-17)23-21(27)24-20-13-19(30-25-20)22(2,3)4/h5-13H,1-4H3,(H2,23,24,25,27). The smallest absolute Gasteiger partial charge is 0.324 e. The van der Waals surface area contributed by atoms with Gasteiger partial charge in [0, 0.05) is 24.1 Å². The first kappa shape index (κ1) is 20.9. The van der Waals surface area contributed by atoms with Crippen molar-refractivity contribution in [2.75, 3.05) is 10.6 Å². The van der Waals surface area contributed by atoms with E-state index in [1.807, 2.05) is 20.8 Å². The highest BCUT2D eigenvalue weighted by atomic mass is 16.5. The van der Waals surface area contributed by atoms with Crippen LogP contribution in [0, 0.1) is 0 Å². The van der Waals surface area contributed by atoms with Gasteiger partial charge in [-0.15, -0.1) is 0 Å². The summed E-state index contributed by atoms with van der Waals surface area (Å²) in [6.07, 6.45) is 0. The Morgan fingerprint density at radius 3 is 2.00 bits per heavy atom. The molecule has 0 aliphatic rings. The molecule has 0 aliphatic heterocycles. The van der Waals surface area contributed by atoms with Gasteiger partial charge in [-0.1, -0.05) is 25.9 Å². The first-order valence-electron chi connectivity index (χ1n) is 9.31. The Bertz CT molecular complexity index is 1020. The molecular formula is C22H23N3O5. The molecule has 2 N–H and O–H groups in total. The van der Waals surface area contributed by atoms with Gasteiger partial charge in [-0.3, -0.25) is 10.1 Å². The van der Waals surface area contributed by atoms with Crippen molar-refractivity contribution in [1.29, 1.82) is 0 Å². The number of amides is 2. The van der Waals surface area contributed by atoms with Gasteiger partial charge in [-0.05, 0) is 48.5 Å². The predicted octanol–water partition coefficient (Wildman–Crippen LogP) is 5.33. The second kappa shape index (κ2) is 8.69. The Balaban J connectivity index is 1.54. The fraction of sp³-hybridized carbons (Fsp3) is 0.227. The first-order valence-corrected chi connectivity index (χ1v) is 9.31. The third-order valence-electron chi connectivity index (χ3n) is 3.92. The molecular weight excluding hydrogens is 386 g/mol. The molecule has 0 radical (unpaired) electrons. The van der Waals surface area contributed by atoms with Crippen LogP contribution in [0.3, 0.4) is 0 Å². The lowest BCUT2D eigenvalue weighted by Gasteiger charge is -2.12. The number of urea groups is 1. The molecule has 0 saturated carbocycles. The molecule has 0 atom stereocenters. The van der Waals surface area contributed by atoms with Gasteiger partial charge >= 0.3 is 12.0 Å². The molecule has 1 heterocycles. The first-order chi connectivity index (χ1) is 14.2. The molecule has 8 nitrogen and oxygen atoms in total. The fourth-order valence-corrected chi connectivity index (χ4v) is 2.45. The molecule has 8 heteroatoms. The van der Waals surface area contributed by atoms with E-state index in [-0.39, 0.29) is 11.4 Å². The van der Waals surface area contributed by atoms with Crippen molar-refractivity contribution in [3.8, 4) is 17.2 Å². The van der Waals surface area contributed by atoms with Crippen LogP contribution in [0.5, 0.6) is 17.2 Å². The lowest BCUT2D eigenvalue weighted by Crippen LogP contribution is -2.19. The minimum atomic E-state index is -0.432. The summed E-state index contributed by atoms with van der Waals surface area (Å²) >= 11 is 0. The van der Waals surface area contributed by atoms with Gasteiger partial charge in [0.1, 0.15) is 23.0 Å². The lowest BCUT2D eigenvalue weighted by atomic mass is 9.93. The number of ether oxygens (including phenoxy) is 2. The number of hydrogen-bond acceptors (Lipinski definition) is 6. The van der Waals surface area contributed by atoms with Gasteiger partial charge in [0.05, 0.1) is 0 Å². The highest BCUT2D eigenvalue weighted by molar-refractivity contribution is 5.99. The van der Waals surface area contributed by atoms with Crippen LogP contribution in [0.25, 0.3) is 0 Å². The molecule has 0 saturated heterocycles. The Hall–Kier alpha value is -3.81. The molecule has 0 bridgehead atoms. The number of benzene rings is 2. The SMILES string of the molecule is CC(=O)Oc1ccc(Oc2ccc(NC(=O)Nc3cc(C(C)(C)C)on3)cc2)cc1. The number of hydrogen-bond donors (Lipinski definition) is 2. The number of carbonyl (C=O) groups is 2. The number of rotatable bonds is 5. The van der Waals surface area contributed by atoms with Crippen LogP contribution < -0.4 is 20.1 Å². The van der Waals surface area contributed by atoms with Crippen molar-refractivity contribution in [3.05, 3.63) is 60.4 Å². The quantitative estimate of drug-likeness (QED) is 0.436. The van der Waals surface area contributed by atoms with Crippen LogP contribution in [-0.4, -0.2) is 17.2 Å². The van der Waals surface area contributed by atoms with Gasteiger partial charge in [0.15, 0.2) is 5.82 Å². The van der Waals surface area contributed by atoms with Crippen LogP contribution in [0.15, 0.2) is 59.1 Å². The van der Waals surface area contributed by atoms with E-state index in [0.717, 1.165) is 0 Å². The van der Waals surface area contributed by atoms with Gasteiger partial charge in [0.2, 0.25) is 0 Å². The summed E-state index contributed by atoms with van der Waals surface area (Å²) in [6.45, 7) is 7.33. The zero-order chi connectivity index (χ0) is 21.7. The molecule has 3 aromatic rings. The number of carbonyl (C=O) groups excluding carboxylic acids is 2. The molecule has 0 fully saturated rings. The van der Waals surface area contributed by atoms with Crippen LogP contribution in [0.1, 0.15) is 33.5 Å². The molecule has 1 aromatic heterocycles. The van der Waals surface area contributed by atoms with Gasteiger partial charge in [-0.2, -0.15) is 0 Å². The van der Waals surface area contributed by atoms with Crippen LogP contribution in [0.4, 0.5) is 16.3 Å². The van der Waals surface area contributed by atoms with E-state index >= 15 is 0 Å². The highest BCUT2D eigenvalue weighted by Crippen LogP contribution is 2.26. The van der Waals surface area contributed by atoms with Crippen molar-refractivity contribution in [2.24, 2.45) is 0 Å². The number of esters is 1. The number of nitrogens with zero attached hydrogens (tertiary/aromatic N) is 1. The summed E-state index contributed by atoms with van der Waals surface area (Å²) in [6, 6.07) is 14.8. The third-order valence-corrected chi connectivity index (χ3v) is 3.92. The summed E-state index contributed by atoms with van der Waals surface area (Å²) in [5.41, 5.74) is 0.393. The van der Waals surface area contributed by atoms with Crippen LogP contribution >= 0.6 is 0 Å². The van der Waals surface area contributed by atoms with Gasteiger partial charge < -0.3 is 19.3 Å². The summed E-state index contributed by atoms with van der Waals surface area (Å²) in [5.74, 6) is 2.27. The summed E-state index contributed by atoms with van der Waals surface area (Å²) < 4.78 is 16.0. The van der Waals surface area contributed by atoms with Crippen molar-refractivity contribution < 1.29 is 23.6 Å². The average molecular weight is 409 g/mol. The van der Waals surface area contributed by atoms with Crippen molar-refractivity contribution >= 4 is 23.5 Å². The van der Waals surface area contributed by atoms with Gasteiger partial charge in [-0.25, -0.2) is 4.79 Å². The largest absolute Gasteiger partial charge is 0.457 e. The number of aromatic nitrogens is 1. The molecule has 156 valence electrons. The maximum Gasteiger partial charge on any atom is 0.324 e. The monoisotopic (exact) mass is 409 g/mol. The lowest BCUT2D eigenvalue weighted by molar-refractivity contribution is -0.131. The maximum atomic E-state index is 12.2. The van der Waals surface area contributed by atoms with E-state index in [2.05, 4.69) is 15.8 Å². The molecule has 3 rings (SSSR count). The minimum Gasteiger partial charge on any atom is -0.457 e. The van der Waals surface area contributed by atoms with E-state index in [4.69, 9.17) is 14.0 Å². The predicted molar refractivity (Wildman–Crippen MR) is 112 cm³/mol. The minimum absolute atomic E-state index is 0.194. The maximum absolute atomic E-state index is 12.2. The zero-order valence-corrected chi connectivity index (χ0v) is 17.2. The van der Waals surface area contributed by atoms with Crippen LogP contribution in [0.2, 0.25) is 0 Å². The van der Waals surface area contributed by atoms with E-state index in [1.54, 1.807) is 54.6 Å². The molecule has 2 aromatic carbocycles. The topological polar surface area (TPSA) is 103 Å². The van der Waals surface area contributed by atoms with Crippen LogP contribution in [-0.2, 0) is 10.2 Å². The molecule has 0 spiro atoms. The average Bonchev–Trinajstić information content (AvgIpc) is 3.13. The summed E-state index contributed by atoms with van der Waals surface area (Å²) in [7, 11) is 0. The highest BCUT2D eigenvalue weighted by Gasteiger charge is 2.20. The Morgan fingerprint density at radius 1 is 0.900 bits per heavy atom. The molecule has 30 heavy (non-hydrogen) atoms. The van der Waals surface area contributed by atoms with Crippen molar-refractivity contribution in [1.82, 2.24) is 5.16 Å². The Kier molecular flexibility index (Phi) is 6.06. The summed E-state index contributed by atoms with van der Waals surface area (Å²) in [4.78, 5) is 23.1. The zero-order valence-electron chi connectivity index (χ0n) is 17.2. The van der Waals surface area contributed by atoms with Crippen molar-refractivity contribution in [2.45, 2.75) is 33.1 Å². The normalized spacial score (nSPS) is 10.9. The molecule has 0 unspecified atom stereocenters. The van der Waals surface area contributed by atoms with Gasteiger partial charge in [0.25, 0.3) is 0 Å². The molecule has 0 aliphatic carbocycles.